The molecule has 20 heavy (non-hydrogen) atoms. The molecular formula is C12H12F4N2O2. The van der Waals surface area contributed by atoms with E-state index in [2.05, 4.69) is 10.6 Å². The molecule has 2 atom stereocenters. The predicted molar refractivity (Wildman–Crippen MR) is 61.0 cm³/mol. The Kier molecular flexibility index (Phi) is 4.24. The molecule has 1 aromatic carbocycles. The Hall–Kier alpha value is -1.67. The molecule has 1 heterocycles. The molecule has 3 N–H and O–H groups in total. The number of carbonyl (C=O) groups is 1. The van der Waals surface area contributed by atoms with Gasteiger partial charge in [0.2, 0.25) is 0 Å². The van der Waals surface area contributed by atoms with E-state index in [-0.39, 0.29) is 18.5 Å². The second-order valence-electron chi connectivity index (χ2n) is 4.54. The molecule has 0 aromatic heterocycles. The zero-order valence-corrected chi connectivity index (χ0v) is 10.2. The number of benzene rings is 1. The van der Waals surface area contributed by atoms with Gasteiger partial charge >= 0.3 is 0 Å². The van der Waals surface area contributed by atoms with Crippen LogP contribution >= 0.6 is 0 Å². The summed E-state index contributed by atoms with van der Waals surface area (Å²) in [5.74, 6) is -8.37. The van der Waals surface area contributed by atoms with Crippen molar-refractivity contribution < 1.29 is 27.5 Å². The van der Waals surface area contributed by atoms with Crippen LogP contribution in [0.2, 0.25) is 0 Å². The average Bonchev–Trinajstić information content (AvgIpc) is 2.80. The van der Waals surface area contributed by atoms with E-state index in [4.69, 9.17) is 0 Å². The number of nitrogens with one attached hydrogen (secondary N) is 2. The number of amides is 1. The number of aliphatic hydroxyl groups excluding tert-OH is 1. The Morgan fingerprint density at radius 2 is 1.85 bits per heavy atom. The van der Waals surface area contributed by atoms with E-state index in [1.165, 1.54) is 0 Å². The lowest BCUT2D eigenvalue weighted by Crippen LogP contribution is -2.35. The third-order valence-corrected chi connectivity index (χ3v) is 3.17. The zero-order chi connectivity index (χ0) is 14.9. The summed E-state index contributed by atoms with van der Waals surface area (Å²) in [5.41, 5.74) is -1.30. The summed E-state index contributed by atoms with van der Waals surface area (Å²) in [4.78, 5) is 11.6. The fraction of sp³-hybridized carbons (Fsp3) is 0.417. The van der Waals surface area contributed by atoms with E-state index >= 15 is 0 Å². The maximum atomic E-state index is 13.4. The number of aliphatic hydroxyl groups is 1. The van der Waals surface area contributed by atoms with Crippen molar-refractivity contribution in [3.05, 3.63) is 34.9 Å². The molecule has 1 saturated heterocycles. The Bertz CT molecular complexity index is 512. The molecule has 1 amide bonds. The zero-order valence-electron chi connectivity index (χ0n) is 10.2. The van der Waals surface area contributed by atoms with Gasteiger partial charge < -0.3 is 15.7 Å². The van der Waals surface area contributed by atoms with Gasteiger partial charge in [-0.1, -0.05) is 0 Å². The topological polar surface area (TPSA) is 61.4 Å². The molecule has 8 heteroatoms. The number of β-amino-alcohol motifs (C(OH)–C–C–N with tert-alkyl or cyclic N) is 1. The Balaban J connectivity index is 2.13. The quantitative estimate of drug-likeness (QED) is 0.563. The SMILES string of the molecule is O=C(NCC1CNCC1O)c1c(F)c(F)cc(F)c1F. The standard InChI is InChI=1S/C12H12F4N2O2/c13-6-1-7(14)11(16)9(10(6)15)12(20)18-3-5-2-17-4-8(5)19/h1,5,8,17,19H,2-4H2,(H,18,20). The number of halogens is 4. The fourth-order valence-corrected chi connectivity index (χ4v) is 2.01. The highest BCUT2D eigenvalue weighted by atomic mass is 19.2. The summed E-state index contributed by atoms with van der Waals surface area (Å²) >= 11 is 0. The fourth-order valence-electron chi connectivity index (χ4n) is 2.01. The maximum Gasteiger partial charge on any atom is 0.257 e. The molecule has 1 aliphatic rings. The molecule has 1 aromatic rings. The Labute approximate surface area is 111 Å². The summed E-state index contributed by atoms with van der Waals surface area (Å²) in [6.07, 6.45) is -0.700. The van der Waals surface area contributed by atoms with Gasteiger partial charge in [0.1, 0.15) is 5.56 Å². The lowest BCUT2D eigenvalue weighted by atomic mass is 10.1. The second kappa shape index (κ2) is 5.76. The van der Waals surface area contributed by atoms with E-state index < -0.39 is 40.8 Å². The second-order valence-corrected chi connectivity index (χ2v) is 4.54. The molecule has 0 spiro atoms. The van der Waals surface area contributed by atoms with Crippen LogP contribution in [0.1, 0.15) is 10.4 Å². The van der Waals surface area contributed by atoms with Gasteiger partial charge in [-0.25, -0.2) is 17.6 Å². The summed E-state index contributed by atoms with van der Waals surface area (Å²) in [5, 5.41) is 14.5. The molecule has 1 aliphatic heterocycles. The van der Waals surface area contributed by atoms with Crippen molar-refractivity contribution in [3.63, 3.8) is 0 Å². The minimum Gasteiger partial charge on any atom is -0.391 e. The number of hydrogen-bond acceptors (Lipinski definition) is 3. The van der Waals surface area contributed by atoms with Crippen molar-refractivity contribution in [1.29, 1.82) is 0 Å². The minimum atomic E-state index is -1.74. The van der Waals surface area contributed by atoms with Crippen LogP contribution < -0.4 is 10.6 Å². The first-order valence-corrected chi connectivity index (χ1v) is 5.91. The van der Waals surface area contributed by atoms with E-state index in [1.807, 2.05) is 0 Å². The van der Waals surface area contributed by atoms with Crippen LogP contribution in [0.3, 0.4) is 0 Å². The van der Waals surface area contributed by atoms with Crippen LogP contribution in [0.25, 0.3) is 0 Å². The predicted octanol–water partition coefficient (Wildman–Crippen LogP) is 0.553. The van der Waals surface area contributed by atoms with Gasteiger partial charge in [0.15, 0.2) is 23.3 Å². The summed E-state index contributed by atoms with van der Waals surface area (Å²) in [7, 11) is 0. The van der Waals surface area contributed by atoms with Crippen LogP contribution in [0, 0.1) is 29.2 Å². The monoisotopic (exact) mass is 292 g/mol. The molecule has 0 bridgehead atoms. The van der Waals surface area contributed by atoms with Crippen LogP contribution in [0.15, 0.2) is 6.07 Å². The Morgan fingerprint density at radius 1 is 1.25 bits per heavy atom. The van der Waals surface area contributed by atoms with Crippen LogP contribution in [-0.4, -0.2) is 36.8 Å². The van der Waals surface area contributed by atoms with Crippen molar-refractivity contribution in [2.75, 3.05) is 19.6 Å². The first kappa shape index (κ1) is 14.7. The summed E-state index contributed by atoms with van der Waals surface area (Å²) in [6.45, 7) is 0.700. The van der Waals surface area contributed by atoms with E-state index in [1.54, 1.807) is 0 Å². The first-order valence-electron chi connectivity index (χ1n) is 5.91. The van der Waals surface area contributed by atoms with Gasteiger partial charge in [0.25, 0.3) is 5.91 Å². The van der Waals surface area contributed by atoms with Crippen molar-refractivity contribution in [3.8, 4) is 0 Å². The molecule has 0 aliphatic carbocycles. The lowest BCUT2D eigenvalue weighted by Gasteiger charge is -2.14. The highest BCUT2D eigenvalue weighted by Crippen LogP contribution is 2.19. The summed E-state index contributed by atoms with van der Waals surface area (Å²) < 4.78 is 52.7. The maximum absolute atomic E-state index is 13.4. The van der Waals surface area contributed by atoms with Gasteiger partial charge in [0, 0.05) is 31.6 Å². The molecule has 2 rings (SSSR count). The van der Waals surface area contributed by atoms with E-state index in [0.29, 0.717) is 13.1 Å². The summed E-state index contributed by atoms with van der Waals surface area (Å²) in [6, 6.07) is 0.0338. The first-order chi connectivity index (χ1) is 9.41. The van der Waals surface area contributed by atoms with Gasteiger partial charge in [-0.2, -0.15) is 0 Å². The minimum absolute atomic E-state index is 0.0338. The normalized spacial score (nSPS) is 22.1. The molecule has 0 radical (unpaired) electrons. The van der Waals surface area contributed by atoms with Crippen LogP contribution in [-0.2, 0) is 0 Å². The van der Waals surface area contributed by atoms with Gasteiger partial charge in [0.05, 0.1) is 6.10 Å². The molecule has 2 unspecified atom stereocenters. The third kappa shape index (κ3) is 2.75. The van der Waals surface area contributed by atoms with Gasteiger partial charge in [-0.15, -0.1) is 0 Å². The van der Waals surface area contributed by atoms with Gasteiger partial charge in [-0.05, 0) is 0 Å². The number of hydrogen-bond donors (Lipinski definition) is 3. The number of rotatable bonds is 3. The number of carbonyl (C=O) groups excluding carboxylic acids is 1. The van der Waals surface area contributed by atoms with Crippen LogP contribution in [0.4, 0.5) is 17.6 Å². The molecule has 1 fully saturated rings. The highest BCUT2D eigenvalue weighted by Gasteiger charge is 2.28. The third-order valence-electron chi connectivity index (χ3n) is 3.17. The van der Waals surface area contributed by atoms with E-state index in [9.17, 15) is 27.5 Å². The van der Waals surface area contributed by atoms with Gasteiger partial charge in [-0.3, -0.25) is 4.79 Å². The van der Waals surface area contributed by atoms with Crippen molar-refractivity contribution in [1.82, 2.24) is 10.6 Å². The van der Waals surface area contributed by atoms with Crippen molar-refractivity contribution >= 4 is 5.91 Å². The highest BCUT2D eigenvalue weighted by molar-refractivity contribution is 5.94. The van der Waals surface area contributed by atoms with Crippen molar-refractivity contribution in [2.45, 2.75) is 6.10 Å². The Morgan fingerprint density at radius 3 is 2.35 bits per heavy atom. The lowest BCUT2D eigenvalue weighted by molar-refractivity contribution is 0.0916. The van der Waals surface area contributed by atoms with Crippen molar-refractivity contribution in [2.24, 2.45) is 5.92 Å². The molecule has 110 valence electrons. The van der Waals surface area contributed by atoms with Crippen LogP contribution in [0.5, 0.6) is 0 Å². The average molecular weight is 292 g/mol. The largest absolute Gasteiger partial charge is 0.391 e. The van der Waals surface area contributed by atoms with E-state index in [0.717, 1.165) is 0 Å². The molecule has 4 nitrogen and oxygen atoms in total. The smallest absolute Gasteiger partial charge is 0.257 e. The molecule has 0 saturated carbocycles. The molecular weight excluding hydrogens is 280 g/mol.